The minimum absolute atomic E-state index is 1.21. The molecule has 1 aromatic heterocycles. The van der Waals surface area contributed by atoms with Gasteiger partial charge >= 0.3 is 0 Å². The van der Waals surface area contributed by atoms with E-state index in [4.69, 9.17) is 0 Å². The van der Waals surface area contributed by atoms with Crippen molar-refractivity contribution in [1.82, 2.24) is 4.57 Å². The maximum Gasteiger partial charge on any atom is 0.256 e. The van der Waals surface area contributed by atoms with E-state index in [1.54, 1.807) is 0 Å². The first kappa shape index (κ1) is 28.2. The molecule has 0 saturated carbocycles. The number of aromatic nitrogens is 2. The van der Waals surface area contributed by atoms with E-state index < -0.39 is 0 Å². The first-order valence-electron chi connectivity index (χ1n) is 14.3. The zero-order chi connectivity index (χ0) is 22.4. The van der Waals surface area contributed by atoms with Gasteiger partial charge in [0, 0.05) is 6.42 Å². The van der Waals surface area contributed by atoms with Gasteiger partial charge in [-0.25, -0.2) is 9.13 Å². The molecule has 0 aromatic carbocycles. The summed E-state index contributed by atoms with van der Waals surface area (Å²) >= 11 is 0. The third-order valence-corrected chi connectivity index (χ3v) is 6.97. The summed E-state index contributed by atoms with van der Waals surface area (Å²) in [6, 6.07) is 0. The fourth-order valence-corrected chi connectivity index (χ4v) is 4.80. The highest BCUT2D eigenvalue weighted by Gasteiger charge is 2.13. The van der Waals surface area contributed by atoms with Gasteiger partial charge in [-0.05, 0) is 19.3 Å². The SMILES string of the molecule is CCCCCCCCCCCCCCCc1n(C)cc[n+]1CCCCCCCCCC. The number of rotatable bonds is 23. The molecule has 0 atom stereocenters. The van der Waals surface area contributed by atoms with Gasteiger partial charge in [0.1, 0.15) is 12.4 Å². The molecule has 0 saturated heterocycles. The van der Waals surface area contributed by atoms with Crippen LogP contribution in [0.5, 0.6) is 0 Å². The zero-order valence-corrected chi connectivity index (χ0v) is 21.8. The molecule has 0 bridgehead atoms. The van der Waals surface area contributed by atoms with Crippen LogP contribution in [0.25, 0.3) is 0 Å². The van der Waals surface area contributed by atoms with Gasteiger partial charge in [0.2, 0.25) is 0 Å². The Morgan fingerprint density at radius 2 is 0.935 bits per heavy atom. The smallest absolute Gasteiger partial charge is 0.237 e. The lowest BCUT2D eigenvalue weighted by molar-refractivity contribution is -0.704. The third kappa shape index (κ3) is 15.6. The minimum atomic E-state index is 1.21. The largest absolute Gasteiger partial charge is 0.256 e. The molecular weight excluding hydrogens is 376 g/mol. The highest BCUT2D eigenvalue weighted by Crippen LogP contribution is 2.13. The van der Waals surface area contributed by atoms with Crippen LogP contribution in [0.4, 0.5) is 0 Å². The van der Waals surface area contributed by atoms with Crippen LogP contribution in [0, 0.1) is 0 Å². The van der Waals surface area contributed by atoms with Gasteiger partial charge < -0.3 is 0 Å². The standard InChI is InChI=1S/C29H57N2/c1-4-6-8-10-12-14-15-16-17-18-19-21-23-25-29-30(3)27-28-31(29)26-24-22-20-13-11-9-7-5-2/h27-28H,4-26H2,1-3H3/q+1. The average molecular weight is 434 g/mol. The summed E-state index contributed by atoms with van der Waals surface area (Å²) in [7, 11) is 2.22. The Bertz CT molecular complexity index is 491. The van der Waals surface area contributed by atoms with Crippen molar-refractivity contribution in [2.24, 2.45) is 7.05 Å². The molecule has 0 unspecified atom stereocenters. The monoisotopic (exact) mass is 433 g/mol. The zero-order valence-electron chi connectivity index (χ0n) is 21.8. The Kier molecular flexibility index (Phi) is 19.2. The van der Waals surface area contributed by atoms with Crippen LogP contribution in [0.3, 0.4) is 0 Å². The van der Waals surface area contributed by atoms with Gasteiger partial charge in [0.25, 0.3) is 5.82 Å². The van der Waals surface area contributed by atoms with Crippen molar-refractivity contribution >= 4 is 0 Å². The van der Waals surface area contributed by atoms with E-state index in [2.05, 4.69) is 42.4 Å². The highest BCUT2D eigenvalue weighted by molar-refractivity contribution is 4.82. The van der Waals surface area contributed by atoms with Crippen molar-refractivity contribution in [3.8, 4) is 0 Å². The quantitative estimate of drug-likeness (QED) is 0.120. The second-order valence-corrected chi connectivity index (χ2v) is 9.99. The predicted octanol–water partition coefficient (Wildman–Crippen LogP) is 9.09. The summed E-state index contributed by atoms with van der Waals surface area (Å²) in [6.45, 7) is 5.81. The van der Waals surface area contributed by atoms with Gasteiger partial charge in [-0.15, -0.1) is 0 Å². The first-order valence-corrected chi connectivity index (χ1v) is 14.3. The summed E-state index contributed by atoms with van der Waals surface area (Å²) in [6.07, 6.45) is 35.7. The first-order chi connectivity index (χ1) is 15.3. The van der Waals surface area contributed by atoms with Gasteiger partial charge in [0.15, 0.2) is 0 Å². The van der Waals surface area contributed by atoms with Gasteiger partial charge in [0.05, 0.1) is 13.6 Å². The van der Waals surface area contributed by atoms with E-state index in [0.29, 0.717) is 0 Å². The normalized spacial score (nSPS) is 11.5. The van der Waals surface area contributed by atoms with Crippen LogP contribution in [0.2, 0.25) is 0 Å². The maximum atomic E-state index is 2.53. The third-order valence-electron chi connectivity index (χ3n) is 6.97. The van der Waals surface area contributed by atoms with Crippen LogP contribution in [-0.4, -0.2) is 4.57 Å². The van der Waals surface area contributed by atoms with Crippen molar-refractivity contribution in [3.05, 3.63) is 18.2 Å². The maximum absolute atomic E-state index is 2.53. The summed E-state index contributed by atoms with van der Waals surface area (Å²) in [5.41, 5.74) is 0. The van der Waals surface area contributed by atoms with E-state index in [-0.39, 0.29) is 0 Å². The lowest BCUT2D eigenvalue weighted by Crippen LogP contribution is -2.37. The van der Waals surface area contributed by atoms with Crippen LogP contribution >= 0.6 is 0 Å². The second-order valence-electron chi connectivity index (χ2n) is 9.99. The molecule has 0 amide bonds. The number of unbranched alkanes of at least 4 members (excludes halogenated alkanes) is 19. The molecule has 2 nitrogen and oxygen atoms in total. The number of aryl methyl sites for hydroxylation is 2. The Balaban J connectivity index is 1.99. The molecule has 1 aromatic rings. The predicted molar refractivity (Wildman–Crippen MR) is 138 cm³/mol. The van der Waals surface area contributed by atoms with Crippen LogP contribution in [0.15, 0.2) is 12.4 Å². The van der Waals surface area contributed by atoms with Crippen LogP contribution in [-0.2, 0) is 20.0 Å². The van der Waals surface area contributed by atoms with Crippen molar-refractivity contribution < 1.29 is 4.57 Å². The number of imidazole rings is 1. The molecule has 1 rings (SSSR count). The summed E-state index contributed by atoms with van der Waals surface area (Å²) in [5, 5.41) is 0. The Morgan fingerprint density at radius 1 is 0.548 bits per heavy atom. The Labute approximate surface area is 196 Å². The molecule has 31 heavy (non-hydrogen) atoms. The van der Waals surface area contributed by atoms with Crippen molar-refractivity contribution in [2.45, 2.75) is 162 Å². The molecule has 0 N–H and O–H groups in total. The van der Waals surface area contributed by atoms with E-state index in [9.17, 15) is 0 Å². The summed E-state index contributed by atoms with van der Waals surface area (Å²) in [5.74, 6) is 1.53. The number of nitrogens with zero attached hydrogens (tertiary/aromatic N) is 2. The molecule has 0 spiro atoms. The van der Waals surface area contributed by atoms with Gasteiger partial charge in [-0.1, -0.05) is 129 Å². The molecule has 0 aliphatic rings. The second kappa shape index (κ2) is 21.1. The molecule has 2 heteroatoms. The number of hydrogen-bond acceptors (Lipinski definition) is 0. The van der Waals surface area contributed by atoms with Gasteiger partial charge in [-0.3, -0.25) is 0 Å². The minimum Gasteiger partial charge on any atom is -0.237 e. The topological polar surface area (TPSA) is 8.81 Å². The van der Waals surface area contributed by atoms with Gasteiger partial charge in [-0.2, -0.15) is 0 Å². The molecule has 0 aliphatic carbocycles. The number of hydrogen-bond donors (Lipinski definition) is 0. The molecule has 0 fully saturated rings. The van der Waals surface area contributed by atoms with E-state index >= 15 is 0 Å². The van der Waals surface area contributed by atoms with Crippen molar-refractivity contribution in [3.63, 3.8) is 0 Å². The highest BCUT2D eigenvalue weighted by atomic mass is 15.1. The summed E-state index contributed by atoms with van der Waals surface area (Å²) < 4.78 is 4.88. The Morgan fingerprint density at radius 3 is 1.39 bits per heavy atom. The summed E-state index contributed by atoms with van der Waals surface area (Å²) in [4.78, 5) is 0. The fraction of sp³-hybridized carbons (Fsp3) is 0.897. The van der Waals surface area contributed by atoms with E-state index in [1.165, 1.54) is 154 Å². The van der Waals surface area contributed by atoms with Crippen molar-refractivity contribution in [1.29, 1.82) is 0 Å². The lowest BCUT2D eigenvalue weighted by Gasteiger charge is -2.05. The fourth-order valence-electron chi connectivity index (χ4n) is 4.80. The van der Waals surface area contributed by atoms with E-state index in [0.717, 1.165) is 0 Å². The molecule has 182 valence electrons. The molecule has 1 heterocycles. The van der Waals surface area contributed by atoms with Crippen molar-refractivity contribution in [2.75, 3.05) is 0 Å². The molecule has 0 aliphatic heterocycles. The van der Waals surface area contributed by atoms with E-state index in [1.807, 2.05) is 0 Å². The molecular formula is C29H57N2+. The van der Waals surface area contributed by atoms with Crippen LogP contribution < -0.4 is 4.57 Å². The average Bonchev–Trinajstić information content (AvgIpc) is 3.12. The Hall–Kier alpha value is -0.790. The van der Waals surface area contributed by atoms with Crippen LogP contribution in [0.1, 0.15) is 155 Å². The molecule has 0 radical (unpaired) electrons. The lowest BCUT2D eigenvalue weighted by atomic mass is 10.0.